The third-order valence-corrected chi connectivity index (χ3v) is 5.65. The maximum atomic E-state index is 13.0. The van der Waals surface area contributed by atoms with Crippen LogP contribution in [0.5, 0.6) is 0 Å². The van der Waals surface area contributed by atoms with Gasteiger partial charge < -0.3 is 10.0 Å². The first-order chi connectivity index (χ1) is 11.5. The summed E-state index contributed by atoms with van der Waals surface area (Å²) in [6, 6.07) is 12.7. The molecule has 0 unspecified atom stereocenters. The Morgan fingerprint density at radius 3 is 2.54 bits per heavy atom. The first-order valence-corrected chi connectivity index (χ1v) is 8.96. The number of rotatable bonds is 3. The van der Waals surface area contributed by atoms with Crippen molar-refractivity contribution in [1.29, 1.82) is 0 Å². The van der Waals surface area contributed by atoms with Gasteiger partial charge in [-0.1, -0.05) is 47.5 Å². The molecule has 0 aromatic heterocycles. The highest BCUT2D eigenvalue weighted by Crippen LogP contribution is 2.44. The van der Waals surface area contributed by atoms with E-state index in [-0.39, 0.29) is 5.91 Å². The smallest absolute Gasteiger partial charge is 0.327 e. The largest absolute Gasteiger partial charge is 0.480 e. The molecule has 1 saturated heterocycles. The number of benzene rings is 2. The molecule has 7 heteroatoms. The van der Waals surface area contributed by atoms with Crippen LogP contribution in [0.3, 0.4) is 0 Å². The predicted molar refractivity (Wildman–Crippen MR) is 95.7 cm³/mol. The molecule has 0 bridgehead atoms. The molecule has 3 rings (SSSR count). The van der Waals surface area contributed by atoms with E-state index in [0.29, 0.717) is 21.4 Å². The summed E-state index contributed by atoms with van der Waals surface area (Å²) < 4.78 is 0. The first kappa shape index (κ1) is 17.1. The highest BCUT2D eigenvalue weighted by atomic mass is 35.5. The Hall–Kier alpha value is -1.69. The minimum absolute atomic E-state index is 0.303. The molecule has 0 aliphatic carbocycles. The number of thioether (sulfide) groups is 1. The van der Waals surface area contributed by atoms with Crippen LogP contribution in [-0.4, -0.2) is 33.7 Å². The SMILES string of the molecule is O=C(O)[C@@H]1CS[C@H](c2ccccc2Cl)N1C(=O)c1cccc(Cl)c1. The van der Waals surface area contributed by atoms with Crippen molar-refractivity contribution in [2.24, 2.45) is 0 Å². The highest BCUT2D eigenvalue weighted by Gasteiger charge is 2.43. The van der Waals surface area contributed by atoms with Gasteiger partial charge in [-0.3, -0.25) is 4.79 Å². The van der Waals surface area contributed by atoms with Crippen LogP contribution in [0.2, 0.25) is 10.0 Å². The summed E-state index contributed by atoms with van der Waals surface area (Å²) in [5.74, 6) is -1.11. The minimum Gasteiger partial charge on any atom is -0.480 e. The fourth-order valence-electron chi connectivity index (χ4n) is 2.63. The van der Waals surface area contributed by atoms with Crippen molar-refractivity contribution in [1.82, 2.24) is 4.90 Å². The second-order valence-electron chi connectivity index (χ2n) is 5.28. The maximum absolute atomic E-state index is 13.0. The molecular weight excluding hydrogens is 369 g/mol. The predicted octanol–water partition coefficient (Wildman–Crippen LogP) is 4.33. The normalized spacial score (nSPS) is 20.2. The van der Waals surface area contributed by atoms with E-state index in [4.69, 9.17) is 23.2 Å². The van der Waals surface area contributed by atoms with E-state index in [1.807, 2.05) is 12.1 Å². The molecule has 1 N–H and O–H groups in total. The number of carboxylic acids is 1. The number of carbonyl (C=O) groups excluding carboxylic acids is 1. The fourth-order valence-corrected chi connectivity index (χ4v) is 4.58. The Morgan fingerprint density at radius 2 is 1.88 bits per heavy atom. The number of carboxylic acid groups (broad SMARTS) is 1. The molecule has 2 atom stereocenters. The van der Waals surface area contributed by atoms with Crippen LogP contribution in [0, 0.1) is 0 Å². The lowest BCUT2D eigenvalue weighted by molar-refractivity contribution is -0.141. The summed E-state index contributed by atoms with van der Waals surface area (Å²) in [5, 5.41) is 9.98. The van der Waals surface area contributed by atoms with E-state index in [9.17, 15) is 14.7 Å². The summed E-state index contributed by atoms with van der Waals surface area (Å²) >= 11 is 13.6. The van der Waals surface area contributed by atoms with Gasteiger partial charge in [0.2, 0.25) is 0 Å². The second-order valence-corrected chi connectivity index (χ2v) is 7.24. The molecule has 1 fully saturated rings. The Bertz CT molecular complexity index is 799. The van der Waals surface area contributed by atoms with Crippen LogP contribution in [0.1, 0.15) is 21.3 Å². The number of hydrogen-bond donors (Lipinski definition) is 1. The van der Waals surface area contributed by atoms with Gasteiger partial charge in [-0.05, 0) is 24.3 Å². The van der Waals surface area contributed by atoms with Crippen LogP contribution in [0.4, 0.5) is 0 Å². The van der Waals surface area contributed by atoms with Crippen molar-refractivity contribution >= 4 is 46.8 Å². The average molecular weight is 382 g/mol. The number of carbonyl (C=O) groups is 2. The molecule has 2 aromatic rings. The second kappa shape index (κ2) is 7.05. The minimum atomic E-state index is -1.03. The van der Waals surface area contributed by atoms with Gasteiger partial charge in [-0.15, -0.1) is 11.8 Å². The Morgan fingerprint density at radius 1 is 1.12 bits per heavy atom. The van der Waals surface area contributed by atoms with Crippen LogP contribution in [0.15, 0.2) is 48.5 Å². The zero-order valence-electron chi connectivity index (χ0n) is 12.4. The number of halogens is 2. The number of aliphatic carboxylic acids is 1. The van der Waals surface area contributed by atoms with Gasteiger partial charge in [-0.25, -0.2) is 4.79 Å². The average Bonchev–Trinajstić information content (AvgIpc) is 2.99. The van der Waals surface area contributed by atoms with Crippen molar-refractivity contribution in [2.75, 3.05) is 5.75 Å². The summed E-state index contributed by atoms with van der Waals surface area (Å²) in [5.41, 5.74) is 1.08. The van der Waals surface area contributed by atoms with Gasteiger partial charge in [0.25, 0.3) is 5.91 Å². The van der Waals surface area contributed by atoms with Crippen LogP contribution >= 0.6 is 35.0 Å². The van der Waals surface area contributed by atoms with Crippen molar-refractivity contribution in [2.45, 2.75) is 11.4 Å². The lowest BCUT2D eigenvalue weighted by atomic mass is 10.1. The monoisotopic (exact) mass is 381 g/mol. The Labute approximate surface area is 153 Å². The van der Waals surface area contributed by atoms with Gasteiger partial charge in [0.15, 0.2) is 0 Å². The van der Waals surface area contributed by atoms with Gasteiger partial charge in [-0.2, -0.15) is 0 Å². The van der Waals surface area contributed by atoms with E-state index in [1.54, 1.807) is 30.3 Å². The molecule has 124 valence electrons. The Balaban J connectivity index is 2.02. The van der Waals surface area contributed by atoms with Crippen LogP contribution in [-0.2, 0) is 4.79 Å². The van der Waals surface area contributed by atoms with Crippen molar-refractivity contribution < 1.29 is 14.7 Å². The topological polar surface area (TPSA) is 57.6 Å². The van der Waals surface area contributed by atoms with Crippen LogP contribution in [0.25, 0.3) is 0 Å². The van der Waals surface area contributed by atoms with Crippen LogP contribution < -0.4 is 0 Å². The molecular formula is C17H13Cl2NO3S. The van der Waals surface area contributed by atoms with E-state index >= 15 is 0 Å². The third-order valence-electron chi connectivity index (χ3n) is 3.76. The van der Waals surface area contributed by atoms with Crippen molar-refractivity contribution in [3.63, 3.8) is 0 Å². The third kappa shape index (κ3) is 3.24. The summed E-state index contributed by atoms with van der Waals surface area (Å²) in [7, 11) is 0. The number of nitrogens with zero attached hydrogens (tertiary/aromatic N) is 1. The standard InChI is InChI=1S/C17H13Cl2NO3S/c18-11-5-3-4-10(8-11)15(21)20-14(17(22)23)9-24-16(20)12-6-1-2-7-13(12)19/h1-8,14,16H,9H2,(H,22,23)/t14-,16+/m0/s1. The van der Waals surface area contributed by atoms with Crippen molar-refractivity contribution in [3.05, 3.63) is 69.7 Å². The molecule has 1 aliphatic heterocycles. The summed E-state index contributed by atoms with van der Waals surface area (Å²) in [6.45, 7) is 0. The Kier molecular flexibility index (Phi) is 5.04. The number of amides is 1. The highest BCUT2D eigenvalue weighted by molar-refractivity contribution is 7.99. The number of hydrogen-bond acceptors (Lipinski definition) is 3. The first-order valence-electron chi connectivity index (χ1n) is 7.16. The van der Waals surface area contributed by atoms with E-state index in [1.165, 1.54) is 22.7 Å². The molecule has 24 heavy (non-hydrogen) atoms. The lowest BCUT2D eigenvalue weighted by Crippen LogP contribution is -2.43. The molecule has 1 amide bonds. The maximum Gasteiger partial charge on any atom is 0.327 e. The fraction of sp³-hybridized carbons (Fsp3) is 0.176. The summed E-state index contributed by atoms with van der Waals surface area (Å²) in [6.07, 6.45) is 0. The van der Waals surface area contributed by atoms with E-state index in [0.717, 1.165) is 5.56 Å². The van der Waals surface area contributed by atoms with Gasteiger partial charge in [0.05, 0.1) is 0 Å². The molecule has 4 nitrogen and oxygen atoms in total. The summed E-state index contributed by atoms with van der Waals surface area (Å²) in [4.78, 5) is 25.9. The lowest BCUT2D eigenvalue weighted by Gasteiger charge is -2.28. The quantitative estimate of drug-likeness (QED) is 0.858. The molecule has 1 aliphatic rings. The van der Waals surface area contributed by atoms with Gasteiger partial charge >= 0.3 is 5.97 Å². The molecule has 0 radical (unpaired) electrons. The zero-order chi connectivity index (χ0) is 17.3. The zero-order valence-corrected chi connectivity index (χ0v) is 14.7. The molecule has 0 saturated carbocycles. The van der Waals surface area contributed by atoms with Crippen molar-refractivity contribution in [3.8, 4) is 0 Å². The van der Waals surface area contributed by atoms with Gasteiger partial charge in [0, 0.05) is 26.9 Å². The van der Waals surface area contributed by atoms with E-state index < -0.39 is 17.4 Å². The van der Waals surface area contributed by atoms with E-state index in [2.05, 4.69) is 0 Å². The van der Waals surface area contributed by atoms with Gasteiger partial charge in [0.1, 0.15) is 11.4 Å². The molecule has 1 heterocycles. The molecule has 2 aromatic carbocycles. The molecule has 0 spiro atoms.